The molecule has 2 aromatic rings. The molecule has 0 aliphatic carbocycles. The summed E-state index contributed by atoms with van der Waals surface area (Å²) in [5, 5.41) is 14.5. The van der Waals surface area contributed by atoms with Crippen LogP contribution in [0, 0.1) is 0 Å². The number of hydrogen-bond acceptors (Lipinski definition) is 5. The van der Waals surface area contributed by atoms with E-state index in [1.54, 1.807) is 12.1 Å². The van der Waals surface area contributed by atoms with Crippen molar-refractivity contribution in [3.8, 4) is 5.75 Å². The van der Waals surface area contributed by atoms with E-state index < -0.39 is 30.0 Å². The van der Waals surface area contributed by atoms with Crippen molar-refractivity contribution in [2.75, 3.05) is 0 Å². The molecule has 3 amide bonds. The fourth-order valence-corrected chi connectivity index (χ4v) is 2.83. The molecular formula is C22H27N3O5. The highest BCUT2D eigenvalue weighted by atomic mass is 16.5. The third-order valence-corrected chi connectivity index (χ3v) is 4.43. The highest BCUT2D eigenvalue weighted by molar-refractivity contribution is 5.90. The van der Waals surface area contributed by atoms with Crippen LogP contribution in [0.3, 0.4) is 0 Å². The smallest absolute Gasteiger partial charge is 0.408 e. The van der Waals surface area contributed by atoms with Gasteiger partial charge in [-0.1, -0.05) is 55.8 Å². The van der Waals surface area contributed by atoms with Gasteiger partial charge < -0.3 is 26.2 Å². The molecule has 5 N–H and O–H groups in total. The zero-order valence-electron chi connectivity index (χ0n) is 16.8. The standard InChI is InChI=1S/C22H27N3O5/c1-2-6-18(25-22(29)30-14-16-7-4-3-5-8-16)21(28)24-19(20(23)27)13-15-9-11-17(26)12-10-15/h3-5,7-12,18-19,26H,2,6,13-14H2,1H3,(H2,23,27)(H,24,28)(H,25,29)/t18-,19-/m1/s1. The van der Waals surface area contributed by atoms with Crippen LogP contribution < -0.4 is 16.4 Å². The van der Waals surface area contributed by atoms with Gasteiger partial charge in [0, 0.05) is 6.42 Å². The Morgan fingerprint density at radius 2 is 1.63 bits per heavy atom. The van der Waals surface area contributed by atoms with E-state index >= 15 is 0 Å². The van der Waals surface area contributed by atoms with Crippen molar-refractivity contribution in [2.45, 2.75) is 44.9 Å². The molecule has 0 heterocycles. The number of alkyl carbamates (subject to hydrolysis) is 1. The molecule has 0 bridgehead atoms. The van der Waals surface area contributed by atoms with Crippen LogP contribution in [0.1, 0.15) is 30.9 Å². The molecule has 2 rings (SSSR count). The normalized spacial score (nSPS) is 12.4. The maximum absolute atomic E-state index is 12.7. The summed E-state index contributed by atoms with van der Waals surface area (Å²) in [6, 6.07) is 13.6. The summed E-state index contributed by atoms with van der Waals surface area (Å²) >= 11 is 0. The minimum atomic E-state index is -0.955. The quantitative estimate of drug-likeness (QED) is 0.473. The van der Waals surface area contributed by atoms with Crippen molar-refractivity contribution >= 4 is 17.9 Å². The van der Waals surface area contributed by atoms with Crippen LogP contribution in [0.25, 0.3) is 0 Å². The molecule has 0 radical (unpaired) electrons. The van der Waals surface area contributed by atoms with Crippen molar-refractivity contribution in [3.63, 3.8) is 0 Å². The highest BCUT2D eigenvalue weighted by Crippen LogP contribution is 2.11. The first-order valence-electron chi connectivity index (χ1n) is 9.73. The Morgan fingerprint density at radius 3 is 2.23 bits per heavy atom. The van der Waals surface area contributed by atoms with Gasteiger partial charge in [0.15, 0.2) is 0 Å². The molecule has 0 aliphatic heterocycles. The van der Waals surface area contributed by atoms with Crippen molar-refractivity contribution in [1.82, 2.24) is 10.6 Å². The first-order chi connectivity index (χ1) is 14.4. The number of nitrogens with one attached hydrogen (secondary N) is 2. The minimum Gasteiger partial charge on any atom is -0.508 e. The Hall–Kier alpha value is -3.55. The van der Waals surface area contributed by atoms with Gasteiger partial charge in [-0.2, -0.15) is 0 Å². The molecule has 2 atom stereocenters. The number of nitrogens with two attached hydrogens (primary N) is 1. The van der Waals surface area contributed by atoms with Crippen LogP contribution >= 0.6 is 0 Å². The Balaban J connectivity index is 1.95. The molecule has 30 heavy (non-hydrogen) atoms. The molecule has 0 aliphatic rings. The Labute approximate surface area is 175 Å². The van der Waals surface area contributed by atoms with Crippen molar-refractivity contribution in [2.24, 2.45) is 5.73 Å². The van der Waals surface area contributed by atoms with Gasteiger partial charge in [-0.3, -0.25) is 9.59 Å². The van der Waals surface area contributed by atoms with Crippen molar-refractivity contribution < 1.29 is 24.2 Å². The van der Waals surface area contributed by atoms with Crippen LogP contribution in [0.2, 0.25) is 0 Å². The first kappa shape index (κ1) is 22.7. The van der Waals surface area contributed by atoms with Gasteiger partial charge in [0.1, 0.15) is 24.4 Å². The van der Waals surface area contributed by atoms with Gasteiger partial charge in [-0.05, 0) is 29.7 Å². The lowest BCUT2D eigenvalue weighted by Gasteiger charge is -2.21. The third-order valence-electron chi connectivity index (χ3n) is 4.43. The van der Waals surface area contributed by atoms with E-state index in [1.165, 1.54) is 12.1 Å². The predicted molar refractivity (Wildman–Crippen MR) is 111 cm³/mol. The lowest BCUT2D eigenvalue weighted by molar-refractivity contribution is -0.128. The molecule has 2 aromatic carbocycles. The van der Waals surface area contributed by atoms with Crippen LogP contribution in [-0.2, 0) is 27.4 Å². The van der Waals surface area contributed by atoms with Gasteiger partial charge in [-0.15, -0.1) is 0 Å². The molecule has 8 nitrogen and oxygen atoms in total. The number of rotatable bonds is 10. The summed E-state index contributed by atoms with van der Waals surface area (Å²) in [5.41, 5.74) is 6.98. The molecule has 0 unspecified atom stereocenters. The Bertz CT molecular complexity index is 840. The van der Waals surface area contributed by atoms with E-state index in [-0.39, 0.29) is 18.8 Å². The number of amides is 3. The molecule has 0 fully saturated rings. The molecule has 160 valence electrons. The number of benzene rings is 2. The van der Waals surface area contributed by atoms with Crippen LogP contribution in [-0.4, -0.2) is 35.1 Å². The summed E-state index contributed by atoms with van der Waals surface area (Å²) in [7, 11) is 0. The van der Waals surface area contributed by atoms with Crippen molar-refractivity contribution in [1.29, 1.82) is 0 Å². The second kappa shape index (κ2) is 11.5. The molecule has 0 aromatic heterocycles. The van der Waals surface area contributed by atoms with E-state index in [2.05, 4.69) is 10.6 Å². The number of hydrogen-bond donors (Lipinski definition) is 4. The zero-order chi connectivity index (χ0) is 21.9. The van der Waals surface area contributed by atoms with Gasteiger partial charge >= 0.3 is 6.09 Å². The fourth-order valence-electron chi connectivity index (χ4n) is 2.83. The molecule has 0 saturated carbocycles. The monoisotopic (exact) mass is 413 g/mol. The largest absolute Gasteiger partial charge is 0.508 e. The molecule has 8 heteroatoms. The second-order valence-corrected chi connectivity index (χ2v) is 6.88. The topological polar surface area (TPSA) is 131 Å². The van der Waals surface area contributed by atoms with Crippen molar-refractivity contribution in [3.05, 3.63) is 65.7 Å². The van der Waals surface area contributed by atoms with E-state index in [0.29, 0.717) is 12.8 Å². The third kappa shape index (κ3) is 7.46. The second-order valence-electron chi connectivity index (χ2n) is 6.88. The summed E-state index contributed by atoms with van der Waals surface area (Å²) < 4.78 is 5.17. The number of phenols is 1. The van der Waals surface area contributed by atoms with Crippen LogP contribution in [0.4, 0.5) is 4.79 Å². The van der Waals surface area contributed by atoms with Gasteiger partial charge in [0.2, 0.25) is 11.8 Å². The fraction of sp³-hybridized carbons (Fsp3) is 0.318. The lowest BCUT2D eigenvalue weighted by Crippen LogP contribution is -2.53. The van der Waals surface area contributed by atoms with Gasteiger partial charge in [0.05, 0.1) is 0 Å². The lowest BCUT2D eigenvalue weighted by atomic mass is 10.0. The van der Waals surface area contributed by atoms with Gasteiger partial charge in [0.25, 0.3) is 0 Å². The zero-order valence-corrected chi connectivity index (χ0v) is 16.8. The summed E-state index contributed by atoms with van der Waals surface area (Å²) in [6.07, 6.45) is 0.452. The summed E-state index contributed by atoms with van der Waals surface area (Å²) in [5.74, 6) is -1.12. The minimum absolute atomic E-state index is 0.0813. The maximum atomic E-state index is 12.7. The summed E-state index contributed by atoms with van der Waals surface area (Å²) in [6.45, 7) is 1.96. The van der Waals surface area contributed by atoms with E-state index in [1.807, 2.05) is 37.3 Å². The number of ether oxygens (including phenoxy) is 1. The molecule has 0 spiro atoms. The average molecular weight is 413 g/mol. The average Bonchev–Trinajstić information content (AvgIpc) is 2.73. The SMILES string of the molecule is CCC[C@@H](NC(=O)OCc1ccccc1)C(=O)N[C@H](Cc1ccc(O)cc1)C(N)=O. The number of phenolic OH excluding ortho intramolecular Hbond substituents is 1. The van der Waals surface area contributed by atoms with E-state index in [9.17, 15) is 19.5 Å². The number of carbonyl (C=O) groups excluding carboxylic acids is 3. The maximum Gasteiger partial charge on any atom is 0.408 e. The summed E-state index contributed by atoms with van der Waals surface area (Å²) in [4.78, 5) is 36.6. The Kier molecular flexibility index (Phi) is 8.68. The number of primary amides is 1. The van der Waals surface area contributed by atoms with Crippen LogP contribution in [0.15, 0.2) is 54.6 Å². The molecular weight excluding hydrogens is 386 g/mol. The highest BCUT2D eigenvalue weighted by Gasteiger charge is 2.25. The predicted octanol–water partition coefficient (Wildman–Crippen LogP) is 2.00. The van der Waals surface area contributed by atoms with E-state index in [4.69, 9.17) is 10.5 Å². The number of aromatic hydroxyl groups is 1. The molecule has 0 saturated heterocycles. The van der Waals surface area contributed by atoms with E-state index in [0.717, 1.165) is 11.1 Å². The first-order valence-corrected chi connectivity index (χ1v) is 9.73. The van der Waals surface area contributed by atoms with Gasteiger partial charge in [-0.25, -0.2) is 4.79 Å². The number of carbonyl (C=O) groups is 3. The Morgan fingerprint density at radius 1 is 0.967 bits per heavy atom. The van der Waals surface area contributed by atoms with Crippen LogP contribution in [0.5, 0.6) is 5.75 Å².